The van der Waals surface area contributed by atoms with Crippen molar-refractivity contribution < 1.29 is 53.4 Å². The van der Waals surface area contributed by atoms with Gasteiger partial charge in [0, 0.05) is 23.2 Å². The largest absolute Gasteiger partial charge is 0.504 e. The van der Waals surface area contributed by atoms with Gasteiger partial charge in [-0.2, -0.15) is 41.3 Å². The Labute approximate surface area is 336 Å². The molecule has 0 aliphatic rings. The number of hydrogen-bond donors (Lipinski definition) is 5. The lowest BCUT2D eigenvalue weighted by molar-refractivity contribution is 0.0697. The number of carboxylic acid groups (broad SMARTS) is 1. The fraction of sp³-hybridized carbons (Fsp3) is 0.114. The molecule has 0 saturated carbocycles. The smallest absolute Gasteiger partial charge is 0.337 e. The number of hydrazone groups is 1. The second-order valence-corrected chi connectivity index (χ2v) is 17.1. The van der Waals surface area contributed by atoms with Crippen LogP contribution in [-0.4, -0.2) is 86.2 Å². The van der Waals surface area contributed by atoms with E-state index in [4.69, 9.17) is 0 Å². The molecule has 5 N–H and O–H groups in total. The third-order valence-electron chi connectivity index (χ3n) is 7.81. The van der Waals surface area contributed by atoms with Gasteiger partial charge in [-0.15, -0.1) is 10.2 Å². The SMILES string of the molecule is C=CS(=O)(=O)CCN(c1ccccc1)c1nc(F)nc(Nc2cc(S(=O)(=O)OC)cc(NN=C(N=Nc3cc(CS(=O)(=O)O)ccc3C(=O)O)c3ccccc3)c2O)n1. The average molecular weight is 870 g/mol. The van der Waals surface area contributed by atoms with Crippen LogP contribution in [0.4, 0.5) is 39.0 Å². The fourth-order valence-electron chi connectivity index (χ4n) is 5.01. The summed E-state index contributed by atoms with van der Waals surface area (Å²) in [4.78, 5) is 24.2. The van der Waals surface area contributed by atoms with Gasteiger partial charge in [0.15, 0.2) is 15.6 Å². The highest BCUT2D eigenvalue weighted by atomic mass is 32.2. The predicted octanol–water partition coefficient (Wildman–Crippen LogP) is 5.14. The van der Waals surface area contributed by atoms with E-state index < -0.39 is 81.6 Å². The van der Waals surface area contributed by atoms with Crippen LogP contribution in [0.5, 0.6) is 5.75 Å². The van der Waals surface area contributed by atoms with E-state index in [1.807, 2.05) is 0 Å². The number of aromatic carboxylic acids is 1. The lowest BCUT2D eigenvalue weighted by atomic mass is 10.1. The number of anilines is 5. The Morgan fingerprint density at radius 2 is 1.59 bits per heavy atom. The number of rotatable bonds is 17. The van der Waals surface area contributed by atoms with Gasteiger partial charge in [0.1, 0.15) is 17.1 Å². The number of azo groups is 1. The Hall–Kier alpha value is -6.73. The summed E-state index contributed by atoms with van der Waals surface area (Å²) in [6, 6.07) is 21.2. The molecule has 0 aliphatic heterocycles. The Morgan fingerprint density at radius 1 is 0.932 bits per heavy atom. The monoisotopic (exact) mass is 869 g/mol. The number of nitrogens with zero attached hydrogens (tertiary/aromatic N) is 7. The van der Waals surface area contributed by atoms with Gasteiger partial charge in [-0.3, -0.25) is 14.2 Å². The van der Waals surface area contributed by atoms with Crippen LogP contribution in [0.1, 0.15) is 21.5 Å². The molecular formula is C35H32FN9O11S3. The molecule has 1 aromatic heterocycles. The van der Waals surface area contributed by atoms with Gasteiger partial charge < -0.3 is 20.4 Å². The molecule has 0 aliphatic carbocycles. The lowest BCUT2D eigenvalue weighted by Gasteiger charge is -2.22. The number of sulfone groups is 1. The summed E-state index contributed by atoms with van der Waals surface area (Å²) in [5.41, 5.74) is 1.58. The third-order valence-corrected chi connectivity index (χ3v) is 11.0. The van der Waals surface area contributed by atoms with Crippen LogP contribution in [0.15, 0.2) is 123 Å². The van der Waals surface area contributed by atoms with Crippen molar-refractivity contribution in [2.24, 2.45) is 15.3 Å². The standard InChI is InChI=1S/C35H32FN9O11S3/c1-3-57(49,50)17-16-45(24-12-8-5-9-13-24)35-39-33(36)38-34(40-35)37-28-19-25(59(54,55)56-2)20-29(30(28)46)42-44-31(23-10-6-4-7-11-23)43-41-27-18-22(21-58(51,52)53)14-15-26(27)32(47)48/h3-15,18-20,42,46H,1,16-17,21H2,2H3,(H,47,48)(H,51,52,53)(H,37,38,39,40). The van der Waals surface area contributed by atoms with Gasteiger partial charge in [0.2, 0.25) is 17.7 Å². The molecule has 4 aromatic carbocycles. The number of halogens is 1. The maximum absolute atomic E-state index is 15.0. The molecule has 5 rings (SSSR count). The highest BCUT2D eigenvalue weighted by molar-refractivity contribution is 7.94. The minimum Gasteiger partial charge on any atom is -0.504 e. The highest BCUT2D eigenvalue weighted by Gasteiger charge is 2.23. The van der Waals surface area contributed by atoms with Gasteiger partial charge >= 0.3 is 12.0 Å². The lowest BCUT2D eigenvalue weighted by Crippen LogP contribution is -2.26. The maximum atomic E-state index is 15.0. The van der Waals surface area contributed by atoms with E-state index >= 15 is 4.39 Å². The number of aromatic nitrogens is 3. The molecule has 0 saturated heterocycles. The number of aromatic hydroxyl groups is 1. The molecule has 5 aromatic rings. The van der Waals surface area contributed by atoms with E-state index in [9.17, 15) is 44.8 Å². The van der Waals surface area contributed by atoms with E-state index in [0.29, 0.717) is 5.69 Å². The summed E-state index contributed by atoms with van der Waals surface area (Å²) in [5.74, 6) is -4.65. The van der Waals surface area contributed by atoms with Gasteiger partial charge in [-0.05, 0) is 42.0 Å². The summed E-state index contributed by atoms with van der Waals surface area (Å²) >= 11 is 0. The van der Waals surface area contributed by atoms with E-state index in [0.717, 1.165) is 36.8 Å². The number of phenols is 1. The topological polar surface area (TPSA) is 292 Å². The zero-order chi connectivity index (χ0) is 43.0. The average Bonchev–Trinajstić information content (AvgIpc) is 3.19. The number of carboxylic acids is 1. The van der Waals surface area contributed by atoms with Gasteiger partial charge in [0.25, 0.3) is 20.2 Å². The van der Waals surface area contributed by atoms with Crippen molar-refractivity contribution in [3.8, 4) is 5.75 Å². The molecule has 0 unspecified atom stereocenters. The van der Waals surface area contributed by atoms with Crippen LogP contribution in [0, 0.1) is 6.08 Å². The number of benzene rings is 4. The van der Waals surface area contributed by atoms with Gasteiger partial charge in [-0.1, -0.05) is 61.2 Å². The zero-order valence-electron chi connectivity index (χ0n) is 30.4. The zero-order valence-corrected chi connectivity index (χ0v) is 32.9. The van der Waals surface area contributed by atoms with Crippen LogP contribution < -0.4 is 15.6 Å². The first-order chi connectivity index (χ1) is 27.9. The van der Waals surface area contributed by atoms with Crippen molar-refractivity contribution >= 4 is 76.5 Å². The van der Waals surface area contributed by atoms with Crippen molar-refractivity contribution in [3.05, 3.63) is 126 Å². The molecule has 24 heteroatoms. The number of para-hydroxylation sites is 1. The number of phenolic OH excluding ortho intramolecular Hbond substituents is 1. The number of nitrogens with one attached hydrogen (secondary N) is 2. The van der Waals surface area contributed by atoms with Crippen LogP contribution in [0.2, 0.25) is 0 Å². The summed E-state index contributed by atoms with van der Waals surface area (Å²) < 4.78 is 102. The summed E-state index contributed by atoms with van der Waals surface area (Å²) in [5, 5.41) is 36.6. The molecule has 1 heterocycles. The molecule has 0 radical (unpaired) electrons. The summed E-state index contributed by atoms with van der Waals surface area (Å²) in [6.45, 7) is 3.04. The predicted molar refractivity (Wildman–Crippen MR) is 213 cm³/mol. The first kappa shape index (κ1) is 43.4. The minimum absolute atomic E-state index is 0.0116. The number of amidine groups is 1. The normalized spacial score (nSPS) is 12.3. The summed E-state index contributed by atoms with van der Waals surface area (Å²) in [6.07, 6.45) is -1.33. The van der Waals surface area contributed by atoms with Gasteiger partial charge in [0.05, 0.1) is 29.0 Å². The molecule has 0 fully saturated rings. The van der Waals surface area contributed by atoms with Crippen molar-refractivity contribution in [1.29, 1.82) is 0 Å². The number of carbonyl (C=O) groups is 1. The second kappa shape index (κ2) is 18.2. The van der Waals surface area contributed by atoms with Gasteiger partial charge in [-0.25, -0.2) is 13.2 Å². The summed E-state index contributed by atoms with van der Waals surface area (Å²) in [7, 11) is -11.9. The molecule has 0 spiro atoms. The molecule has 0 atom stereocenters. The van der Waals surface area contributed by atoms with Crippen molar-refractivity contribution in [1.82, 2.24) is 15.0 Å². The maximum Gasteiger partial charge on any atom is 0.337 e. The van der Waals surface area contributed by atoms with E-state index in [1.165, 1.54) is 23.1 Å². The Morgan fingerprint density at radius 3 is 2.22 bits per heavy atom. The Bertz CT molecular complexity index is 2780. The molecule has 308 valence electrons. The van der Waals surface area contributed by atoms with Crippen LogP contribution in [-0.2, 0) is 40.0 Å². The quantitative estimate of drug-likeness (QED) is 0.0154. The van der Waals surface area contributed by atoms with E-state index in [-0.39, 0.29) is 40.7 Å². The Balaban J connectivity index is 1.58. The molecule has 0 amide bonds. The molecule has 20 nitrogen and oxygen atoms in total. The van der Waals surface area contributed by atoms with Crippen LogP contribution >= 0.6 is 0 Å². The molecule has 59 heavy (non-hydrogen) atoms. The number of hydrogen-bond acceptors (Lipinski definition) is 17. The van der Waals surface area contributed by atoms with Crippen molar-refractivity contribution in [2.75, 3.05) is 35.0 Å². The van der Waals surface area contributed by atoms with E-state index in [1.54, 1.807) is 48.5 Å². The van der Waals surface area contributed by atoms with Crippen molar-refractivity contribution in [2.45, 2.75) is 10.6 Å². The highest BCUT2D eigenvalue weighted by Crippen LogP contribution is 2.37. The third kappa shape index (κ3) is 11.7. The minimum atomic E-state index is -4.51. The van der Waals surface area contributed by atoms with Crippen molar-refractivity contribution in [3.63, 3.8) is 0 Å². The fourth-order valence-corrected chi connectivity index (χ4v) is 6.93. The molecule has 0 bridgehead atoms. The van der Waals surface area contributed by atoms with E-state index in [2.05, 4.69) is 51.8 Å². The van der Waals surface area contributed by atoms with Crippen LogP contribution in [0.3, 0.4) is 0 Å². The first-order valence-corrected chi connectivity index (χ1v) is 21.3. The second-order valence-electron chi connectivity index (χ2n) is 11.9. The first-order valence-electron chi connectivity index (χ1n) is 16.5. The van der Waals surface area contributed by atoms with Crippen LogP contribution in [0.25, 0.3) is 0 Å². The molecular weight excluding hydrogens is 838 g/mol. The Kier molecular flexibility index (Phi) is 13.4.